The highest BCUT2D eigenvalue weighted by atomic mass is 16.5. The van der Waals surface area contributed by atoms with Crippen LogP contribution in [0.1, 0.15) is 25.0 Å². The van der Waals surface area contributed by atoms with Crippen LogP contribution in [0.3, 0.4) is 0 Å². The minimum Gasteiger partial charge on any atom is -0.496 e. The molecule has 15 heavy (non-hydrogen) atoms. The lowest BCUT2D eigenvalue weighted by Crippen LogP contribution is -2.00. The van der Waals surface area contributed by atoms with Gasteiger partial charge in [-0.3, -0.25) is 0 Å². The first-order chi connectivity index (χ1) is 7.04. The van der Waals surface area contributed by atoms with Crippen molar-refractivity contribution in [1.82, 2.24) is 0 Å². The van der Waals surface area contributed by atoms with E-state index in [0.29, 0.717) is 0 Å². The summed E-state index contributed by atoms with van der Waals surface area (Å²) in [5.41, 5.74) is 3.15. The summed E-state index contributed by atoms with van der Waals surface area (Å²) in [4.78, 5) is 0. The van der Waals surface area contributed by atoms with Crippen molar-refractivity contribution < 1.29 is 9.84 Å². The zero-order chi connectivity index (χ0) is 11.4. The molecule has 1 rings (SSSR count). The summed E-state index contributed by atoms with van der Waals surface area (Å²) in [6.45, 7) is 5.69. The summed E-state index contributed by atoms with van der Waals surface area (Å²) in [6.07, 6.45) is 1.59. The van der Waals surface area contributed by atoms with E-state index in [9.17, 15) is 5.11 Å². The minimum atomic E-state index is -0.396. The van der Waals surface area contributed by atoms with E-state index in [1.165, 1.54) is 0 Å². The number of aliphatic hydroxyl groups excluding tert-OH is 1. The summed E-state index contributed by atoms with van der Waals surface area (Å²) in [6, 6.07) is 5.97. The Morgan fingerprint density at radius 1 is 1.47 bits per heavy atom. The Labute approximate surface area is 91.2 Å². The van der Waals surface area contributed by atoms with E-state index in [1.54, 1.807) is 14.0 Å². The summed E-state index contributed by atoms with van der Waals surface area (Å²) >= 11 is 0. The molecular formula is C13H18O2. The van der Waals surface area contributed by atoms with E-state index >= 15 is 0 Å². The zero-order valence-corrected chi connectivity index (χ0v) is 9.74. The third-order valence-electron chi connectivity index (χ3n) is 2.47. The molecule has 0 bridgehead atoms. The first kappa shape index (κ1) is 11.8. The van der Waals surface area contributed by atoms with Crippen LogP contribution in [-0.4, -0.2) is 18.3 Å². The number of aryl methyl sites for hydroxylation is 1. The van der Waals surface area contributed by atoms with Gasteiger partial charge in [0.1, 0.15) is 5.75 Å². The zero-order valence-electron chi connectivity index (χ0n) is 9.74. The number of hydrogen-bond acceptors (Lipinski definition) is 2. The molecule has 0 radical (unpaired) electrons. The highest BCUT2D eigenvalue weighted by molar-refractivity contribution is 5.56. The topological polar surface area (TPSA) is 29.5 Å². The molecule has 2 heteroatoms. The van der Waals surface area contributed by atoms with Gasteiger partial charge < -0.3 is 9.84 Å². The lowest BCUT2D eigenvalue weighted by Gasteiger charge is -2.07. The van der Waals surface area contributed by atoms with Gasteiger partial charge in [0.05, 0.1) is 13.2 Å². The number of methoxy groups -OCH3 is 1. The van der Waals surface area contributed by atoms with Crippen molar-refractivity contribution in [2.45, 2.75) is 26.9 Å². The largest absolute Gasteiger partial charge is 0.496 e. The van der Waals surface area contributed by atoms with Crippen molar-refractivity contribution in [2.75, 3.05) is 7.11 Å². The number of ether oxygens (including phenoxy) is 1. The fourth-order valence-corrected chi connectivity index (χ4v) is 1.37. The van der Waals surface area contributed by atoms with Gasteiger partial charge in [-0.05, 0) is 49.6 Å². The van der Waals surface area contributed by atoms with Crippen molar-refractivity contribution in [2.24, 2.45) is 0 Å². The number of aliphatic hydroxyl groups is 1. The molecule has 0 spiro atoms. The summed E-state index contributed by atoms with van der Waals surface area (Å²) in [5, 5.41) is 9.36. The van der Waals surface area contributed by atoms with Crippen LogP contribution >= 0.6 is 0 Å². The van der Waals surface area contributed by atoms with Gasteiger partial charge in [0.15, 0.2) is 0 Å². The molecule has 1 aromatic rings. The standard InChI is InChI=1S/C13H18O2/c1-9(11(3)14)7-12-5-6-13(15-4)10(2)8-12/h5-8,11,14H,1-4H3/b9-7-. The maximum absolute atomic E-state index is 9.36. The van der Waals surface area contributed by atoms with E-state index in [4.69, 9.17) is 4.74 Å². The summed E-state index contributed by atoms with van der Waals surface area (Å²) in [5.74, 6) is 0.891. The van der Waals surface area contributed by atoms with Crippen LogP contribution in [0.15, 0.2) is 23.8 Å². The second-order valence-corrected chi connectivity index (χ2v) is 3.79. The lowest BCUT2D eigenvalue weighted by atomic mass is 10.1. The van der Waals surface area contributed by atoms with Crippen molar-refractivity contribution in [3.05, 3.63) is 34.9 Å². The minimum absolute atomic E-state index is 0.396. The molecule has 1 unspecified atom stereocenters. The van der Waals surface area contributed by atoms with Crippen LogP contribution in [0.4, 0.5) is 0 Å². The maximum Gasteiger partial charge on any atom is 0.121 e. The van der Waals surface area contributed by atoms with Crippen LogP contribution in [0.5, 0.6) is 5.75 Å². The van der Waals surface area contributed by atoms with Crippen molar-refractivity contribution in [1.29, 1.82) is 0 Å². The lowest BCUT2D eigenvalue weighted by molar-refractivity contribution is 0.232. The van der Waals surface area contributed by atoms with Crippen LogP contribution < -0.4 is 4.74 Å². The predicted octanol–water partition coefficient (Wildman–Crippen LogP) is 2.79. The summed E-state index contributed by atoms with van der Waals surface area (Å²) < 4.78 is 5.18. The van der Waals surface area contributed by atoms with Crippen molar-refractivity contribution in [3.8, 4) is 5.75 Å². The molecule has 0 aliphatic heterocycles. The Morgan fingerprint density at radius 2 is 2.13 bits per heavy atom. The molecule has 0 aliphatic rings. The van der Waals surface area contributed by atoms with Crippen LogP contribution in [-0.2, 0) is 0 Å². The average Bonchev–Trinajstić information content (AvgIpc) is 2.18. The van der Waals surface area contributed by atoms with Gasteiger partial charge in [-0.2, -0.15) is 0 Å². The molecule has 0 saturated carbocycles. The Balaban J connectivity index is 2.98. The second-order valence-electron chi connectivity index (χ2n) is 3.79. The molecular weight excluding hydrogens is 188 g/mol. The molecule has 2 nitrogen and oxygen atoms in total. The Bertz CT molecular complexity index is 365. The fourth-order valence-electron chi connectivity index (χ4n) is 1.37. The maximum atomic E-state index is 9.36. The van der Waals surface area contributed by atoms with E-state index in [1.807, 2.05) is 38.1 Å². The third kappa shape index (κ3) is 3.10. The van der Waals surface area contributed by atoms with Crippen LogP contribution in [0, 0.1) is 6.92 Å². The molecule has 0 amide bonds. The predicted molar refractivity (Wildman–Crippen MR) is 63.1 cm³/mol. The quantitative estimate of drug-likeness (QED) is 0.824. The molecule has 82 valence electrons. The van der Waals surface area contributed by atoms with Gasteiger partial charge in [0.2, 0.25) is 0 Å². The van der Waals surface area contributed by atoms with E-state index in [0.717, 1.165) is 22.4 Å². The summed E-state index contributed by atoms with van der Waals surface area (Å²) in [7, 11) is 1.67. The van der Waals surface area contributed by atoms with Crippen LogP contribution in [0.25, 0.3) is 6.08 Å². The van der Waals surface area contributed by atoms with Gasteiger partial charge in [-0.25, -0.2) is 0 Å². The number of hydrogen-bond donors (Lipinski definition) is 1. The second kappa shape index (κ2) is 4.99. The van der Waals surface area contributed by atoms with Gasteiger partial charge in [0, 0.05) is 0 Å². The fraction of sp³-hybridized carbons (Fsp3) is 0.385. The molecule has 1 atom stereocenters. The number of benzene rings is 1. The SMILES string of the molecule is COc1ccc(/C=C(/C)C(C)O)cc1C. The molecule has 1 aromatic carbocycles. The molecule has 0 aliphatic carbocycles. The average molecular weight is 206 g/mol. The van der Waals surface area contributed by atoms with Crippen molar-refractivity contribution >= 4 is 6.08 Å². The highest BCUT2D eigenvalue weighted by Gasteiger charge is 2.01. The monoisotopic (exact) mass is 206 g/mol. The first-order valence-corrected chi connectivity index (χ1v) is 5.05. The van der Waals surface area contributed by atoms with Crippen LogP contribution in [0.2, 0.25) is 0 Å². The van der Waals surface area contributed by atoms with E-state index < -0.39 is 6.10 Å². The molecule has 0 heterocycles. The van der Waals surface area contributed by atoms with Gasteiger partial charge in [-0.15, -0.1) is 0 Å². The normalized spacial score (nSPS) is 13.8. The van der Waals surface area contributed by atoms with E-state index in [2.05, 4.69) is 0 Å². The number of rotatable bonds is 3. The smallest absolute Gasteiger partial charge is 0.121 e. The highest BCUT2D eigenvalue weighted by Crippen LogP contribution is 2.20. The van der Waals surface area contributed by atoms with Gasteiger partial charge >= 0.3 is 0 Å². The molecule has 0 saturated heterocycles. The molecule has 0 fully saturated rings. The molecule has 1 N–H and O–H groups in total. The Kier molecular flexibility index (Phi) is 3.92. The first-order valence-electron chi connectivity index (χ1n) is 5.05. The Hall–Kier alpha value is -1.28. The van der Waals surface area contributed by atoms with Gasteiger partial charge in [-0.1, -0.05) is 12.1 Å². The van der Waals surface area contributed by atoms with Gasteiger partial charge in [0.25, 0.3) is 0 Å². The van der Waals surface area contributed by atoms with Crippen molar-refractivity contribution in [3.63, 3.8) is 0 Å². The van der Waals surface area contributed by atoms with E-state index in [-0.39, 0.29) is 0 Å². The Morgan fingerprint density at radius 3 is 2.60 bits per heavy atom. The third-order valence-corrected chi connectivity index (χ3v) is 2.47. The molecule has 0 aromatic heterocycles.